The van der Waals surface area contributed by atoms with Gasteiger partial charge in [0, 0.05) is 3.57 Å². The average Bonchev–Trinajstić information content (AvgIpc) is 2.49. The van der Waals surface area contributed by atoms with Gasteiger partial charge >= 0.3 is 0 Å². The molecule has 0 atom stereocenters. The molecule has 1 aliphatic rings. The molecule has 3 nitrogen and oxygen atoms in total. The number of hydrogen-bond acceptors (Lipinski definition) is 3. The standard InChI is InChI=1S/C8H7IO3/c9-6-2-8-7(11-4-12-8)1-5(6)3-10/h1-2,10H,3-4H2. The summed E-state index contributed by atoms with van der Waals surface area (Å²) < 4.78 is 11.3. The molecule has 1 N–H and O–H groups in total. The van der Waals surface area contributed by atoms with Crippen LogP contribution < -0.4 is 9.47 Å². The molecule has 0 spiro atoms. The molecule has 1 heterocycles. The molecule has 0 aliphatic carbocycles. The highest BCUT2D eigenvalue weighted by Crippen LogP contribution is 2.35. The fraction of sp³-hybridized carbons (Fsp3) is 0.250. The van der Waals surface area contributed by atoms with E-state index in [2.05, 4.69) is 22.6 Å². The van der Waals surface area contributed by atoms with E-state index < -0.39 is 0 Å². The van der Waals surface area contributed by atoms with Gasteiger partial charge in [-0.15, -0.1) is 0 Å². The van der Waals surface area contributed by atoms with Crippen molar-refractivity contribution in [2.24, 2.45) is 0 Å². The SMILES string of the molecule is OCc1cc2c(cc1I)OCO2. The predicted octanol–water partition coefficient (Wildman–Crippen LogP) is 1.51. The van der Waals surface area contributed by atoms with Gasteiger partial charge in [0.05, 0.1) is 6.61 Å². The van der Waals surface area contributed by atoms with E-state index in [1.807, 2.05) is 12.1 Å². The van der Waals surface area contributed by atoms with E-state index in [4.69, 9.17) is 14.6 Å². The third-order valence-corrected chi connectivity index (χ3v) is 2.72. The van der Waals surface area contributed by atoms with Crippen molar-refractivity contribution in [3.63, 3.8) is 0 Å². The Labute approximate surface area is 83.4 Å². The zero-order chi connectivity index (χ0) is 8.55. The molecular formula is C8H7IO3. The van der Waals surface area contributed by atoms with Gasteiger partial charge in [0.1, 0.15) is 0 Å². The minimum Gasteiger partial charge on any atom is -0.454 e. The van der Waals surface area contributed by atoms with Crippen LogP contribution in [0, 0.1) is 3.57 Å². The lowest BCUT2D eigenvalue weighted by Crippen LogP contribution is -1.92. The number of fused-ring (bicyclic) bond motifs is 1. The molecule has 0 saturated carbocycles. The number of aliphatic hydroxyl groups excluding tert-OH is 1. The summed E-state index contributed by atoms with van der Waals surface area (Å²) in [6.45, 7) is 0.315. The summed E-state index contributed by atoms with van der Waals surface area (Å²) in [7, 11) is 0. The van der Waals surface area contributed by atoms with Crippen LogP contribution in [0.4, 0.5) is 0 Å². The topological polar surface area (TPSA) is 38.7 Å². The van der Waals surface area contributed by atoms with Crippen molar-refractivity contribution in [3.8, 4) is 11.5 Å². The summed E-state index contributed by atoms with van der Waals surface area (Å²) in [6.07, 6.45) is 0. The molecule has 12 heavy (non-hydrogen) atoms. The van der Waals surface area contributed by atoms with E-state index in [-0.39, 0.29) is 13.4 Å². The van der Waals surface area contributed by atoms with E-state index >= 15 is 0 Å². The highest BCUT2D eigenvalue weighted by Gasteiger charge is 2.15. The molecule has 0 bridgehead atoms. The van der Waals surface area contributed by atoms with Crippen LogP contribution in [0.2, 0.25) is 0 Å². The van der Waals surface area contributed by atoms with Crippen molar-refractivity contribution in [3.05, 3.63) is 21.3 Å². The zero-order valence-electron chi connectivity index (χ0n) is 6.21. The molecule has 0 unspecified atom stereocenters. The van der Waals surface area contributed by atoms with Gasteiger partial charge < -0.3 is 14.6 Å². The third kappa shape index (κ3) is 1.25. The van der Waals surface area contributed by atoms with Crippen LogP contribution in [0.25, 0.3) is 0 Å². The molecule has 64 valence electrons. The molecule has 0 amide bonds. The third-order valence-electron chi connectivity index (χ3n) is 1.71. The first-order valence-corrected chi connectivity index (χ1v) is 4.58. The summed E-state index contributed by atoms with van der Waals surface area (Å²) in [5.41, 5.74) is 0.875. The average molecular weight is 278 g/mol. The minimum atomic E-state index is 0.0366. The molecule has 1 aromatic carbocycles. The summed E-state index contributed by atoms with van der Waals surface area (Å²) >= 11 is 2.16. The van der Waals surface area contributed by atoms with Crippen molar-refractivity contribution in [1.82, 2.24) is 0 Å². The Hall–Kier alpha value is -0.490. The Morgan fingerprint density at radius 3 is 2.67 bits per heavy atom. The number of benzene rings is 1. The predicted molar refractivity (Wildman–Crippen MR) is 51.2 cm³/mol. The molecule has 0 saturated heterocycles. The van der Waals surface area contributed by atoms with Gasteiger partial charge in [-0.2, -0.15) is 0 Å². The van der Waals surface area contributed by atoms with Crippen LogP contribution >= 0.6 is 22.6 Å². The Balaban J connectivity index is 2.49. The number of ether oxygens (including phenoxy) is 2. The first kappa shape index (κ1) is 8.12. The van der Waals surface area contributed by atoms with Crippen molar-refractivity contribution in [2.75, 3.05) is 6.79 Å². The van der Waals surface area contributed by atoms with Crippen molar-refractivity contribution in [2.45, 2.75) is 6.61 Å². The van der Waals surface area contributed by atoms with Crippen LogP contribution in [-0.4, -0.2) is 11.9 Å². The van der Waals surface area contributed by atoms with Gasteiger partial charge in [-0.3, -0.25) is 0 Å². The molecule has 1 aliphatic heterocycles. The fourth-order valence-electron chi connectivity index (χ4n) is 1.08. The lowest BCUT2D eigenvalue weighted by molar-refractivity contribution is 0.174. The molecule has 4 heteroatoms. The van der Waals surface area contributed by atoms with Crippen LogP contribution in [0.15, 0.2) is 12.1 Å². The Kier molecular flexibility index (Phi) is 2.10. The van der Waals surface area contributed by atoms with Crippen LogP contribution in [0.5, 0.6) is 11.5 Å². The molecule has 1 aromatic rings. The van der Waals surface area contributed by atoms with Crippen LogP contribution in [-0.2, 0) is 6.61 Å². The van der Waals surface area contributed by atoms with Gasteiger partial charge in [0.15, 0.2) is 11.5 Å². The molecule has 0 radical (unpaired) electrons. The summed E-state index contributed by atoms with van der Waals surface area (Å²) in [4.78, 5) is 0. The fourth-order valence-corrected chi connectivity index (χ4v) is 1.69. The Bertz CT molecular complexity index is 311. The maximum Gasteiger partial charge on any atom is 0.231 e. The van der Waals surface area contributed by atoms with Crippen LogP contribution in [0.1, 0.15) is 5.56 Å². The number of halogens is 1. The van der Waals surface area contributed by atoms with E-state index in [0.717, 1.165) is 20.6 Å². The second-order valence-corrected chi connectivity index (χ2v) is 3.62. The quantitative estimate of drug-likeness (QED) is 0.791. The first-order chi connectivity index (χ1) is 5.81. The second kappa shape index (κ2) is 3.10. The Morgan fingerprint density at radius 1 is 1.33 bits per heavy atom. The summed E-state index contributed by atoms with van der Waals surface area (Å²) in [6, 6.07) is 3.68. The number of hydrogen-bond donors (Lipinski definition) is 1. The van der Waals surface area contributed by atoms with Gasteiger partial charge in [-0.25, -0.2) is 0 Å². The second-order valence-electron chi connectivity index (χ2n) is 2.45. The monoisotopic (exact) mass is 278 g/mol. The summed E-state index contributed by atoms with van der Waals surface area (Å²) in [5.74, 6) is 1.48. The first-order valence-electron chi connectivity index (χ1n) is 3.50. The maximum atomic E-state index is 8.95. The van der Waals surface area contributed by atoms with Crippen molar-refractivity contribution >= 4 is 22.6 Å². The molecule has 2 rings (SSSR count). The normalized spacial score (nSPS) is 13.5. The van der Waals surface area contributed by atoms with Crippen LogP contribution in [0.3, 0.4) is 0 Å². The summed E-state index contributed by atoms with van der Waals surface area (Å²) in [5, 5.41) is 8.95. The van der Waals surface area contributed by atoms with E-state index in [9.17, 15) is 0 Å². The minimum absolute atomic E-state index is 0.0366. The maximum absolute atomic E-state index is 8.95. The number of rotatable bonds is 1. The van der Waals surface area contributed by atoms with Crippen molar-refractivity contribution < 1.29 is 14.6 Å². The lowest BCUT2D eigenvalue weighted by Gasteiger charge is -2.02. The molecule has 0 aromatic heterocycles. The van der Waals surface area contributed by atoms with Gasteiger partial charge in [-0.1, -0.05) is 0 Å². The molecular weight excluding hydrogens is 271 g/mol. The highest BCUT2D eigenvalue weighted by molar-refractivity contribution is 14.1. The Morgan fingerprint density at radius 2 is 2.00 bits per heavy atom. The van der Waals surface area contributed by atoms with Crippen molar-refractivity contribution in [1.29, 1.82) is 0 Å². The largest absolute Gasteiger partial charge is 0.454 e. The van der Waals surface area contributed by atoms with Gasteiger partial charge in [0.2, 0.25) is 6.79 Å². The van der Waals surface area contributed by atoms with E-state index in [1.165, 1.54) is 0 Å². The lowest BCUT2D eigenvalue weighted by atomic mass is 10.2. The highest BCUT2D eigenvalue weighted by atomic mass is 127. The van der Waals surface area contributed by atoms with Gasteiger partial charge in [0.25, 0.3) is 0 Å². The van der Waals surface area contributed by atoms with E-state index in [1.54, 1.807) is 0 Å². The zero-order valence-corrected chi connectivity index (χ0v) is 8.37. The molecule has 0 fully saturated rings. The van der Waals surface area contributed by atoms with E-state index in [0.29, 0.717) is 0 Å². The number of aliphatic hydroxyl groups is 1. The smallest absolute Gasteiger partial charge is 0.231 e. The van der Waals surface area contributed by atoms with Gasteiger partial charge in [-0.05, 0) is 40.3 Å².